The highest BCUT2D eigenvalue weighted by molar-refractivity contribution is 6.74. The van der Waals surface area contributed by atoms with E-state index in [-0.39, 0.29) is 10.5 Å². The molecule has 0 saturated heterocycles. The van der Waals surface area contributed by atoms with Gasteiger partial charge in [0.2, 0.25) is 0 Å². The molecule has 150 valence electrons. The molecule has 0 aromatic heterocycles. The van der Waals surface area contributed by atoms with E-state index in [1.54, 1.807) is 0 Å². The third kappa shape index (κ3) is 4.88. The van der Waals surface area contributed by atoms with Gasteiger partial charge >= 0.3 is 0 Å². The second-order valence-corrected chi connectivity index (χ2v) is 15.3. The zero-order valence-corrected chi connectivity index (χ0v) is 19.9. The Balaban J connectivity index is 2.23. The molecule has 2 atom stereocenters. The summed E-state index contributed by atoms with van der Waals surface area (Å²) in [7, 11) is 0.358. The van der Waals surface area contributed by atoms with Crippen LogP contribution in [0.4, 0.5) is 5.69 Å². The van der Waals surface area contributed by atoms with Gasteiger partial charge in [-0.1, -0.05) is 46.2 Å². The molecule has 1 aromatic rings. The van der Waals surface area contributed by atoms with E-state index in [4.69, 9.17) is 21.3 Å². The van der Waals surface area contributed by atoms with Crippen molar-refractivity contribution in [3.8, 4) is 6.07 Å². The Morgan fingerprint density at radius 2 is 1.93 bits per heavy atom. The molecule has 1 aliphatic carbocycles. The first-order valence-corrected chi connectivity index (χ1v) is 13.2. The van der Waals surface area contributed by atoms with Crippen LogP contribution in [0.5, 0.6) is 0 Å². The molecule has 0 heterocycles. The van der Waals surface area contributed by atoms with Crippen LogP contribution in [0.1, 0.15) is 59.4 Å². The minimum Gasteiger partial charge on any atom is -0.414 e. The predicted octanol–water partition coefficient (Wildman–Crippen LogP) is 6.62. The standard InChI is InChI=1S/C22H35ClN2OSi/c1-21(2,3)27(7,8)26-18-11-12-22(4,5)20(14-18)25(6)17-10-9-16(15-24)19(23)13-17/h9-10,13,18,20H,11-12,14H2,1-8H3. The second kappa shape index (κ2) is 7.77. The summed E-state index contributed by atoms with van der Waals surface area (Å²) in [6.45, 7) is 16.3. The molecule has 3 nitrogen and oxygen atoms in total. The summed E-state index contributed by atoms with van der Waals surface area (Å²) < 4.78 is 6.76. The van der Waals surface area contributed by atoms with E-state index in [0.717, 1.165) is 24.9 Å². The fourth-order valence-electron chi connectivity index (χ4n) is 3.76. The van der Waals surface area contributed by atoms with Gasteiger partial charge in [-0.15, -0.1) is 0 Å². The third-order valence-corrected chi connectivity index (χ3v) is 11.6. The first-order chi connectivity index (χ1) is 12.3. The largest absolute Gasteiger partial charge is 0.414 e. The number of hydrogen-bond acceptors (Lipinski definition) is 3. The van der Waals surface area contributed by atoms with E-state index < -0.39 is 8.32 Å². The minimum absolute atomic E-state index is 0.197. The maximum atomic E-state index is 9.13. The van der Waals surface area contributed by atoms with Crippen molar-refractivity contribution in [2.75, 3.05) is 11.9 Å². The molecule has 0 spiro atoms. The van der Waals surface area contributed by atoms with E-state index in [1.165, 1.54) is 0 Å². The van der Waals surface area contributed by atoms with Gasteiger partial charge in [0, 0.05) is 24.9 Å². The van der Waals surface area contributed by atoms with E-state index in [1.807, 2.05) is 18.2 Å². The first kappa shape index (κ1) is 22.3. The molecule has 27 heavy (non-hydrogen) atoms. The normalized spacial score (nSPS) is 23.0. The summed E-state index contributed by atoms with van der Waals surface area (Å²) in [6.07, 6.45) is 3.59. The summed E-state index contributed by atoms with van der Waals surface area (Å²) in [6, 6.07) is 8.23. The summed E-state index contributed by atoms with van der Waals surface area (Å²) in [5, 5.41) is 9.87. The SMILES string of the molecule is CN(c1ccc(C#N)c(Cl)c1)C1CC(O[Si](C)(C)C(C)(C)C)CCC1(C)C. The average Bonchev–Trinajstić information content (AvgIpc) is 2.54. The van der Waals surface area contributed by atoms with Crippen molar-refractivity contribution < 1.29 is 4.43 Å². The molecule has 1 aromatic carbocycles. The maximum absolute atomic E-state index is 9.13. The lowest BCUT2D eigenvalue weighted by Gasteiger charge is -2.49. The van der Waals surface area contributed by atoms with Crippen molar-refractivity contribution in [1.29, 1.82) is 5.26 Å². The number of benzene rings is 1. The van der Waals surface area contributed by atoms with Crippen molar-refractivity contribution in [3.63, 3.8) is 0 Å². The number of halogens is 1. The molecule has 1 fully saturated rings. The van der Waals surface area contributed by atoms with Crippen molar-refractivity contribution >= 4 is 25.6 Å². The van der Waals surface area contributed by atoms with Crippen molar-refractivity contribution in [3.05, 3.63) is 28.8 Å². The van der Waals surface area contributed by atoms with Gasteiger partial charge in [-0.25, -0.2) is 0 Å². The highest BCUT2D eigenvalue weighted by atomic mass is 35.5. The highest BCUT2D eigenvalue weighted by Crippen LogP contribution is 2.44. The number of nitrogens with zero attached hydrogens (tertiary/aromatic N) is 2. The lowest BCUT2D eigenvalue weighted by Crippen LogP contribution is -2.52. The highest BCUT2D eigenvalue weighted by Gasteiger charge is 2.44. The smallest absolute Gasteiger partial charge is 0.192 e. The minimum atomic E-state index is -1.78. The molecule has 2 rings (SSSR count). The van der Waals surface area contributed by atoms with Crippen LogP contribution in [-0.2, 0) is 4.43 Å². The van der Waals surface area contributed by atoms with E-state index in [2.05, 4.69) is 65.7 Å². The molecule has 1 saturated carbocycles. The molecular weight excluding hydrogens is 372 g/mol. The Labute approximate surface area is 171 Å². The van der Waals surface area contributed by atoms with Crippen LogP contribution < -0.4 is 4.90 Å². The molecule has 1 aliphatic rings. The molecular formula is C22H35ClN2OSi. The molecule has 5 heteroatoms. The van der Waals surface area contributed by atoms with Crippen LogP contribution in [0.25, 0.3) is 0 Å². The fourth-order valence-corrected chi connectivity index (χ4v) is 5.38. The molecule has 0 radical (unpaired) electrons. The zero-order valence-electron chi connectivity index (χ0n) is 18.2. The van der Waals surface area contributed by atoms with Crippen LogP contribution in [-0.4, -0.2) is 27.5 Å². The van der Waals surface area contributed by atoms with Crippen molar-refractivity contribution in [2.45, 2.75) is 84.2 Å². The first-order valence-electron chi connectivity index (χ1n) is 9.89. The summed E-state index contributed by atoms with van der Waals surface area (Å²) in [4.78, 5) is 2.33. The Morgan fingerprint density at radius 1 is 1.30 bits per heavy atom. The predicted molar refractivity (Wildman–Crippen MR) is 118 cm³/mol. The maximum Gasteiger partial charge on any atom is 0.192 e. The third-order valence-electron chi connectivity index (χ3n) is 6.71. The number of anilines is 1. The monoisotopic (exact) mass is 406 g/mol. The molecule has 0 bridgehead atoms. The van der Waals surface area contributed by atoms with Crippen LogP contribution >= 0.6 is 11.6 Å². The van der Waals surface area contributed by atoms with Gasteiger partial charge in [0.1, 0.15) is 6.07 Å². The van der Waals surface area contributed by atoms with Crippen LogP contribution in [0.2, 0.25) is 23.2 Å². The number of rotatable bonds is 4. The lowest BCUT2D eigenvalue weighted by molar-refractivity contribution is 0.0680. The molecule has 2 unspecified atom stereocenters. The van der Waals surface area contributed by atoms with Crippen molar-refractivity contribution in [2.24, 2.45) is 5.41 Å². The molecule has 0 amide bonds. The van der Waals surface area contributed by atoms with E-state index in [0.29, 0.717) is 22.7 Å². The van der Waals surface area contributed by atoms with Gasteiger partial charge in [-0.2, -0.15) is 5.26 Å². The lowest BCUT2D eigenvalue weighted by atomic mass is 9.71. The average molecular weight is 407 g/mol. The number of hydrogen-bond donors (Lipinski definition) is 0. The van der Waals surface area contributed by atoms with E-state index in [9.17, 15) is 0 Å². The second-order valence-electron chi connectivity index (χ2n) is 10.2. The van der Waals surface area contributed by atoms with Gasteiger partial charge in [-0.3, -0.25) is 0 Å². The van der Waals surface area contributed by atoms with E-state index >= 15 is 0 Å². The molecule has 0 aliphatic heterocycles. The van der Waals surface area contributed by atoms with Crippen LogP contribution in [0.15, 0.2) is 18.2 Å². The van der Waals surface area contributed by atoms with Gasteiger partial charge in [-0.05, 0) is 61.0 Å². The van der Waals surface area contributed by atoms with Crippen LogP contribution in [0.3, 0.4) is 0 Å². The molecule has 0 N–H and O–H groups in total. The summed E-state index contributed by atoms with van der Waals surface area (Å²) >= 11 is 6.28. The van der Waals surface area contributed by atoms with Gasteiger partial charge in [0.15, 0.2) is 8.32 Å². The summed E-state index contributed by atoms with van der Waals surface area (Å²) in [5.41, 5.74) is 1.78. The Kier molecular flexibility index (Phi) is 6.41. The van der Waals surface area contributed by atoms with Crippen molar-refractivity contribution in [1.82, 2.24) is 0 Å². The van der Waals surface area contributed by atoms with Gasteiger partial charge < -0.3 is 9.33 Å². The number of nitriles is 1. The fraction of sp³-hybridized carbons (Fsp3) is 0.682. The Hall–Kier alpha value is -1.02. The summed E-state index contributed by atoms with van der Waals surface area (Å²) in [5.74, 6) is 0. The topological polar surface area (TPSA) is 36.3 Å². The Bertz CT molecular complexity index is 718. The van der Waals surface area contributed by atoms with Gasteiger partial charge in [0.25, 0.3) is 0 Å². The van der Waals surface area contributed by atoms with Gasteiger partial charge in [0.05, 0.1) is 10.6 Å². The zero-order chi connectivity index (χ0) is 20.6. The Morgan fingerprint density at radius 3 is 2.44 bits per heavy atom. The van der Waals surface area contributed by atoms with Crippen LogP contribution in [0, 0.1) is 16.7 Å². The quantitative estimate of drug-likeness (QED) is 0.527.